The molecule has 0 atom stereocenters. The van der Waals surface area contributed by atoms with Crippen LogP contribution in [0.15, 0.2) is 47.8 Å². The van der Waals surface area contributed by atoms with E-state index in [-0.39, 0.29) is 0 Å². The van der Waals surface area contributed by atoms with Crippen LogP contribution in [0.2, 0.25) is 0 Å². The minimum absolute atomic E-state index is 0.679. The summed E-state index contributed by atoms with van der Waals surface area (Å²) in [7, 11) is 0. The van der Waals surface area contributed by atoms with Crippen molar-refractivity contribution in [1.82, 2.24) is 19.8 Å². The molecule has 104 valence electrons. The number of nitrogens with zero attached hydrogens (tertiary/aromatic N) is 5. The van der Waals surface area contributed by atoms with E-state index in [2.05, 4.69) is 50.1 Å². The summed E-state index contributed by atoms with van der Waals surface area (Å²) >= 11 is 0. The fraction of sp³-hybridized carbons (Fsp3) is 0.200. The standard InChI is InChI=1S/C15H14N6/c1-2-6-12-11(4-1)5-3-7-13(12)17-18-14-8-9-15-19-16-10-21(15)20-14/h1-2,4,6,8-10H,3,5,7H2,(H,18,20). The Morgan fingerprint density at radius 1 is 1.10 bits per heavy atom. The molecule has 0 amide bonds. The van der Waals surface area contributed by atoms with E-state index in [1.807, 2.05) is 12.1 Å². The molecule has 6 heteroatoms. The van der Waals surface area contributed by atoms with Crippen LogP contribution < -0.4 is 5.43 Å². The molecule has 1 aliphatic rings. The maximum absolute atomic E-state index is 4.54. The average Bonchev–Trinajstić information content (AvgIpc) is 3.00. The smallest absolute Gasteiger partial charge is 0.177 e. The number of hydrazone groups is 1. The summed E-state index contributed by atoms with van der Waals surface area (Å²) in [5, 5.41) is 16.6. The zero-order chi connectivity index (χ0) is 14.1. The Hall–Kier alpha value is -2.76. The third-order valence-corrected chi connectivity index (χ3v) is 3.66. The summed E-state index contributed by atoms with van der Waals surface area (Å²) in [5.74, 6) is 0.679. The predicted octanol–water partition coefficient (Wildman–Crippen LogP) is 2.28. The van der Waals surface area contributed by atoms with Crippen molar-refractivity contribution in [2.24, 2.45) is 5.10 Å². The lowest BCUT2D eigenvalue weighted by Crippen LogP contribution is -2.13. The van der Waals surface area contributed by atoms with Crippen molar-refractivity contribution in [3.63, 3.8) is 0 Å². The van der Waals surface area contributed by atoms with Crippen LogP contribution in [0.3, 0.4) is 0 Å². The number of aromatic nitrogens is 4. The number of rotatable bonds is 2. The highest BCUT2D eigenvalue weighted by Crippen LogP contribution is 2.21. The van der Waals surface area contributed by atoms with Crippen molar-refractivity contribution in [2.75, 3.05) is 5.43 Å². The summed E-state index contributed by atoms with van der Waals surface area (Å²) in [6.45, 7) is 0. The van der Waals surface area contributed by atoms with E-state index in [4.69, 9.17) is 0 Å². The number of fused-ring (bicyclic) bond motifs is 2. The molecule has 6 nitrogen and oxygen atoms in total. The van der Waals surface area contributed by atoms with Gasteiger partial charge in [-0.05, 0) is 37.0 Å². The molecule has 0 fully saturated rings. The van der Waals surface area contributed by atoms with E-state index >= 15 is 0 Å². The van der Waals surface area contributed by atoms with Crippen molar-refractivity contribution in [1.29, 1.82) is 0 Å². The molecule has 4 rings (SSSR count). The van der Waals surface area contributed by atoms with E-state index in [1.54, 1.807) is 10.8 Å². The van der Waals surface area contributed by atoms with Crippen LogP contribution in [0.25, 0.3) is 5.65 Å². The molecular weight excluding hydrogens is 264 g/mol. The first-order valence-corrected chi connectivity index (χ1v) is 6.98. The molecule has 0 saturated carbocycles. The monoisotopic (exact) mass is 278 g/mol. The molecular formula is C15H14N6. The second-order valence-electron chi connectivity index (χ2n) is 5.03. The molecule has 0 aliphatic heterocycles. The molecule has 2 heterocycles. The van der Waals surface area contributed by atoms with Crippen LogP contribution in [0.1, 0.15) is 24.0 Å². The van der Waals surface area contributed by atoms with E-state index in [9.17, 15) is 0 Å². The van der Waals surface area contributed by atoms with Gasteiger partial charge < -0.3 is 0 Å². The number of anilines is 1. The van der Waals surface area contributed by atoms with Gasteiger partial charge in [0.2, 0.25) is 0 Å². The topological polar surface area (TPSA) is 67.5 Å². The number of nitrogens with one attached hydrogen (secondary N) is 1. The fourth-order valence-electron chi connectivity index (χ4n) is 2.63. The van der Waals surface area contributed by atoms with E-state index in [1.165, 1.54) is 11.1 Å². The summed E-state index contributed by atoms with van der Waals surface area (Å²) in [4.78, 5) is 0. The molecule has 3 aromatic rings. The first kappa shape index (κ1) is 12.0. The van der Waals surface area contributed by atoms with E-state index in [0.29, 0.717) is 5.82 Å². The molecule has 2 aromatic heterocycles. The number of benzene rings is 1. The number of aryl methyl sites for hydroxylation is 1. The molecule has 0 radical (unpaired) electrons. The van der Waals surface area contributed by atoms with Gasteiger partial charge in [0.25, 0.3) is 0 Å². The molecule has 1 N–H and O–H groups in total. The van der Waals surface area contributed by atoms with Crippen LogP contribution in [-0.2, 0) is 6.42 Å². The molecule has 21 heavy (non-hydrogen) atoms. The molecule has 0 bridgehead atoms. The Morgan fingerprint density at radius 3 is 3.05 bits per heavy atom. The Bertz CT molecular complexity index is 820. The zero-order valence-corrected chi connectivity index (χ0v) is 11.4. The van der Waals surface area contributed by atoms with Crippen molar-refractivity contribution in [3.8, 4) is 0 Å². The minimum Gasteiger partial charge on any atom is -0.260 e. The largest absolute Gasteiger partial charge is 0.260 e. The highest BCUT2D eigenvalue weighted by molar-refractivity contribution is 6.03. The third-order valence-electron chi connectivity index (χ3n) is 3.66. The van der Waals surface area contributed by atoms with Crippen LogP contribution in [0.5, 0.6) is 0 Å². The lowest BCUT2D eigenvalue weighted by Gasteiger charge is -2.17. The SMILES string of the molecule is c1ccc2c(c1)CCCC2=NNc1ccc2nncn2n1. The summed E-state index contributed by atoms with van der Waals surface area (Å²) in [6.07, 6.45) is 4.82. The second kappa shape index (κ2) is 4.97. The molecule has 0 unspecified atom stereocenters. The zero-order valence-electron chi connectivity index (χ0n) is 11.4. The van der Waals surface area contributed by atoms with E-state index in [0.717, 1.165) is 30.6 Å². The lowest BCUT2D eigenvalue weighted by molar-refractivity contribution is 0.836. The van der Waals surface area contributed by atoms with Gasteiger partial charge in [-0.3, -0.25) is 5.43 Å². The second-order valence-corrected chi connectivity index (χ2v) is 5.03. The van der Waals surface area contributed by atoms with Crippen molar-refractivity contribution < 1.29 is 0 Å². The van der Waals surface area contributed by atoms with Gasteiger partial charge in [-0.1, -0.05) is 24.3 Å². The minimum atomic E-state index is 0.679. The highest BCUT2D eigenvalue weighted by Gasteiger charge is 2.14. The summed E-state index contributed by atoms with van der Waals surface area (Å²) < 4.78 is 1.62. The van der Waals surface area contributed by atoms with Gasteiger partial charge >= 0.3 is 0 Å². The summed E-state index contributed by atoms with van der Waals surface area (Å²) in [5.41, 5.74) is 7.45. The maximum Gasteiger partial charge on any atom is 0.177 e. The first-order chi connectivity index (χ1) is 10.4. The van der Waals surface area contributed by atoms with Crippen LogP contribution in [0.4, 0.5) is 5.82 Å². The molecule has 0 saturated heterocycles. The Balaban J connectivity index is 1.63. The lowest BCUT2D eigenvalue weighted by atomic mass is 9.90. The summed E-state index contributed by atoms with van der Waals surface area (Å²) in [6, 6.07) is 12.1. The first-order valence-electron chi connectivity index (χ1n) is 6.98. The number of hydrogen-bond acceptors (Lipinski definition) is 5. The van der Waals surface area contributed by atoms with Crippen molar-refractivity contribution in [2.45, 2.75) is 19.3 Å². The maximum atomic E-state index is 4.54. The normalized spacial score (nSPS) is 16.1. The fourth-order valence-corrected chi connectivity index (χ4v) is 2.63. The Kier molecular flexibility index (Phi) is 2.85. The van der Waals surface area contributed by atoms with Crippen LogP contribution >= 0.6 is 0 Å². The molecule has 1 aromatic carbocycles. The highest BCUT2D eigenvalue weighted by atomic mass is 15.4. The predicted molar refractivity (Wildman–Crippen MR) is 80.3 cm³/mol. The third kappa shape index (κ3) is 2.24. The van der Waals surface area contributed by atoms with Gasteiger partial charge in [-0.2, -0.15) is 9.62 Å². The van der Waals surface area contributed by atoms with Gasteiger partial charge in [0.1, 0.15) is 6.33 Å². The molecule has 0 spiro atoms. The Morgan fingerprint density at radius 2 is 2.05 bits per heavy atom. The average molecular weight is 278 g/mol. The quantitative estimate of drug-likeness (QED) is 0.730. The van der Waals surface area contributed by atoms with Crippen molar-refractivity contribution in [3.05, 3.63) is 53.9 Å². The van der Waals surface area contributed by atoms with Gasteiger partial charge in [0.15, 0.2) is 11.5 Å². The van der Waals surface area contributed by atoms with E-state index < -0.39 is 0 Å². The van der Waals surface area contributed by atoms with Crippen molar-refractivity contribution >= 4 is 17.2 Å². The number of hydrogen-bond donors (Lipinski definition) is 1. The van der Waals surface area contributed by atoms with Gasteiger partial charge in [-0.15, -0.1) is 15.3 Å². The van der Waals surface area contributed by atoms with Crippen LogP contribution in [0, 0.1) is 0 Å². The van der Waals surface area contributed by atoms with Gasteiger partial charge in [0, 0.05) is 5.56 Å². The van der Waals surface area contributed by atoms with Gasteiger partial charge in [-0.25, -0.2) is 0 Å². The van der Waals surface area contributed by atoms with Gasteiger partial charge in [0.05, 0.1) is 5.71 Å². The molecule has 1 aliphatic carbocycles. The van der Waals surface area contributed by atoms with Crippen LogP contribution in [-0.4, -0.2) is 25.5 Å². The Labute approximate surface area is 121 Å².